The minimum absolute atomic E-state index is 0.0143. The number of phenols is 1. The molecule has 456 valence electrons. The summed E-state index contributed by atoms with van der Waals surface area (Å²) < 4.78 is 28.6. The number of hydrogen-bond donors (Lipinski definition) is 6. The maximum absolute atomic E-state index is 14.4. The average Bonchev–Trinajstić information content (AvgIpc) is 1.91. The number of hydrogen-bond acceptors (Lipinski definition) is 9. The molecular formula is C70H86F2N8O6. The van der Waals surface area contributed by atoms with E-state index >= 15 is 0 Å². The van der Waals surface area contributed by atoms with Gasteiger partial charge in [-0.1, -0.05) is 123 Å². The van der Waals surface area contributed by atoms with Crippen LogP contribution in [0.3, 0.4) is 0 Å². The summed E-state index contributed by atoms with van der Waals surface area (Å²) in [4.78, 5) is 67.8. The SMILES string of the molecule is CCNC(=O)c1ccc(C[C@@H](CNC(=O)[C@@H]2C[C@]2(C)c2ccccc2)N(C)C)cc1F.CN1Cc2cc(O)ccc2C[C@H]1CNC(=O)[C@H]1C[C@]1(C)c1ccccc1.CNC(=O)c1ccc(C[C@@H](CNC(=O)[C@@H]2C[C@H]2c2ccccc2)N(C)C)cc1F. The number of carbonyl (C=O) groups excluding carboxylic acids is 5. The smallest absolute Gasteiger partial charge is 0.254 e. The number of rotatable bonds is 21. The first-order valence-electron chi connectivity index (χ1n) is 30.0. The molecule has 86 heavy (non-hydrogen) atoms. The van der Waals surface area contributed by atoms with E-state index < -0.39 is 23.4 Å². The van der Waals surface area contributed by atoms with Crippen molar-refractivity contribution in [3.63, 3.8) is 0 Å². The quantitative estimate of drug-likeness (QED) is 0.0413. The number of benzene rings is 6. The van der Waals surface area contributed by atoms with Gasteiger partial charge in [-0.15, -0.1) is 0 Å². The van der Waals surface area contributed by atoms with Gasteiger partial charge in [-0.25, -0.2) is 8.78 Å². The number of fused-ring (bicyclic) bond motifs is 1. The van der Waals surface area contributed by atoms with Gasteiger partial charge in [-0.05, 0) is 162 Å². The van der Waals surface area contributed by atoms with Crippen molar-refractivity contribution in [1.82, 2.24) is 41.3 Å². The topological polar surface area (TPSA) is 175 Å². The van der Waals surface area contributed by atoms with E-state index in [4.69, 9.17) is 0 Å². The standard InChI is InChI=1S/C25H32FN3O2.C23H28FN3O2.C22H26N2O2/c1-5-27-23(30)20-12-11-17(14-22(20)26)13-19(29(3)4)16-28-24(31)21-15-25(21,2)18-9-7-6-8-10-18;1-25-22(28)18-10-9-15(12-21(18)24)11-17(27(2)3)14-26-23(29)20-13-19(20)16-7-5-4-6-8-16;1-22(17-6-4-3-5-7-17)12-20(22)21(26)23-13-18-10-15-8-9-19(25)11-16(15)14-24(18)2/h6-12,14,19,21H,5,13,15-16H2,1-4H3,(H,27,30)(H,28,31);4-10,12,17,19-20H,11,13-14H2,1-3H3,(H,25,28)(H,26,29);3-9,11,18,20,25H,10,12-14H2,1-2H3,(H,23,26)/t19-,21-,25+;17-,19-,20+;18-,20+,22+/m000/s1. The van der Waals surface area contributed by atoms with Crippen LogP contribution in [0.4, 0.5) is 8.78 Å². The highest BCUT2D eigenvalue weighted by Crippen LogP contribution is 2.55. The zero-order valence-electron chi connectivity index (χ0n) is 51.3. The summed E-state index contributed by atoms with van der Waals surface area (Å²) >= 11 is 0. The molecule has 0 radical (unpaired) electrons. The maximum atomic E-state index is 14.4. The Morgan fingerprint density at radius 1 is 0.616 bits per heavy atom. The lowest BCUT2D eigenvalue weighted by Gasteiger charge is -2.34. The second-order valence-corrected chi connectivity index (χ2v) is 24.6. The Morgan fingerprint density at radius 3 is 1.59 bits per heavy atom. The second-order valence-electron chi connectivity index (χ2n) is 24.6. The Hall–Kier alpha value is -7.79. The fraction of sp³-hybridized carbons (Fsp3) is 0.414. The first-order chi connectivity index (χ1) is 41.1. The van der Waals surface area contributed by atoms with E-state index in [0.717, 1.165) is 43.4 Å². The number of nitrogens with zero attached hydrogens (tertiary/aromatic N) is 3. The predicted octanol–water partition coefficient (Wildman–Crippen LogP) is 8.56. The molecule has 14 nitrogen and oxygen atoms in total. The van der Waals surface area contributed by atoms with Gasteiger partial charge in [0.1, 0.15) is 17.4 Å². The molecule has 3 fully saturated rings. The van der Waals surface area contributed by atoms with Gasteiger partial charge in [0, 0.05) is 86.5 Å². The Kier molecular flexibility index (Phi) is 21.4. The average molecular weight is 1170 g/mol. The van der Waals surface area contributed by atoms with Crippen LogP contribution in [-0.4, -0.2) is 136 Å². The van der Waals surface area contributed by atoms with Crippen LogP contribution in [0, 0.1) is 29.4 Å². The van der Waals surface area contributed by atoms with Crippen molar-refractivity contribution in [1.29, 1.82) is 0 Å². The molecule has 0 aromatic heterocycles. The molecule has 0 bridgehead atoms. The van der Waals surface area contributed by atoms with Gasteiger partial charge in [0.05, 0.1) is 11.1 Å². The van der Waals surface area contributed by atoms with E-state index in [1.807, 2.05) is 105 Å². The van der Waals surface area contributed by atoms with Gasteiger partial charge < -0.3 is 41.5 Å². The van der Waals surface area contributed by atoms with Crippen LogP contribution in [0.5, 0.6) is 5.75 Å². The van der Waals surface area contributed by atoms with Crippen LogP contribution in [-0.2, 0) is 51.0 Å². The molecule has 3 saturated carbocycles. The first kappa shape index (κ1) is 64.2. The lowest BCUT2D eigenvalue weighted by molar-refractivity contribution is -0.123. The predicted molar refractivity (Wildman–Crippen MR) is 334 cm³/mol. The van der Waals surface area contributed by atoms with Crippen molar-refractivity contribution in [2.45, 2.75) is 101 Å². The van der Waals surface area contributed by atoms with E-state index in [2.05, 4.69) is 88.8 Å². The normalized spacial score (nSPS) is 22.3. The van der Waals surface area contributed by atoms with Crippen LogP contribution in [0.2, 0.25) is 0 Å². The van der Waals surface area contributed by atoms with E-state index in [9.17, 15) is 37.9 Å². The van der Waals surface area contributed by atoms with Crippen LogP contribution < -0.4 is 26.6 Å². The Labute approximate surface area is 506 Å². The lowest BCUT2D eigenvalue weighted by Crippen LogP contribution is -2.46. The van der Waals surface area contributed by atoms with Gasteiger partial charge in [0.25, 0.3) is 11.8 Å². The zero-order valence-corrected chi connectivity index (χ0v) is 51.3. The highest BCUT2D eigenvalue weighted by Gasteiger charge is 2.56. The fourth-order valence-corrected chi connectivity index (χ4v) is 11.9. The summed E-state index contributed by atoms with van der Waals surface area (Å²) in [5.74, 6) is -0.897. The fourth-order valence-electron chi connectivity index (χ4n) is 11.9. The van der Waals surface area contributed by atoms with Crippen LogP contribution >= 0.6 is 0 Å². The summed E-state index contributed by atoms with van der Waals surface area (Å²) in [5, 5.41) is 24.0. The van der Waals surface area contributed by atoms with Crippen molar-refractivity contribution in [2.24, 2.45) is 17.8 Å². The summed E-state index contributed by atoms with van der Waals surface area (Å²) in [6, 6.07) is 45.9. The molecular weight excluding hydrogens is 1090 g/mol. The van der Waals surface area contributed by atoms with Gasteiger partial charge in [-0.2, -0.15) is 0 Å². The molecule has 6 aromatic carbocycles. The van der Waals surface area contributed by atoms with E-state index in [1.54, 1.807) is 25.1 Å². The van der Waals surface area contributed by atoms with Crippen LogP contribution in [0.1, 0.15) is 106 Å². The third-order valence-corrected chi connectivity index (χ3v) is 18.1. The van der Waals surface area contributed by atoms with Gasteiger partial charge >= 0.3 is 0 Å². The minimum atomic E-state index is -0.535. The molecule has 10 rings (SSSR count). The summed E-state index contributed by atoms with van der Waals surface area (Å²) in [6.45, 7) is 9.00. The molecule has 9 atom stereocenters. The summed E-state index contributed by atoms with van der Waals surface area (Å²) in [5.41, 5.74) is 7.64. The Balaban J connectivity index is 0.000000168. The summed E-state index contributed by atoms with van der Waals surface area (Å²) in [6.07, 6.45) is 4.70. The van der Waals surface area contributed by atoms with Crippen molar-refractivity contribution in [3.8, 4) is 5.75 Å². The molecule has 1 heterocycles. The van der Waals surface area contributed by atoms with Gasteiger partial charge in [-0.3, -0.25) is 28.9 Å². The molecule has 16 heteroatoms. The minimum Gasteiger partial charge on any atom is -0.508 e. The first-order valence-corrected chi connectivity index (χ1v) is 30.0. The number of aromatic hydroxyl groups is 1. The molecule has 1 aliphatic heterocycles. The second kappa shape index (κ2) is 28.6. The Morgan fingerprint density at radius 2 is 1.10 bits per heavy atom. The number of nitrogens with one attached hydrogen (secondary N) is 5. The van der Waals surface area contributed by atoms with E-state index in [1.165, 1.54) is 59.1 Å². The molecule has 5 amide bonds. The van der Waals surface area contributed by atoms with Crippen LogP contribution in [0.25, 0.3) is 0 Å². The zero-order chi connectivity index (χ0) is 61.9. The van der Waals surface area contributed by atoms with Gasteiger partial charge in [0.2, 0.25) is 17.7 Å². The van der Waals surface area contributed by atoms with Crippen LogP contribution in [0.15, 0.2) is 146 Å². The molecule has 4 aliphatic rings. The number of halogens is 2. The molecule has 0 spiro atoms. The lowest BCUT2D eigenvalue weighted by atomic mass is 9.93. The summed E-state index contributed by atoms with van der Waals surface area (Å²) in [7, 11) is 11.3. The maximum Gasteiger partial charge on any atom is 0.254 e. The molecule has 0 saturated heterocycles. The number of carbonyl (C=O) groups is 5. The third kappa shape index (κ3) is 16.2. The number of likely N-dealkylation sites (N-methyl/N-ethyl adjacent to an activating group) is 3. The highest BCUT2D eigenvalue weighted by molar-refractivity contribution is 5.95. The van der Waals surface area contributed by atoms with Crippen molar-refractivity contribution in [3.05, 3.63) is 207 Å². The third-order valence-electron chi connectivity index (χ3n) is 18.1. The van der Waals surface area contributed by atoms with E-state index in [-0.39, 0.29) is 75.6 Å². The molecule has 0 unspecified atom stereocenters. The molecule has 6 aromatic rings. The Bertz CT molecular complexity index is 3310. The molecule has 3 aliphatic carbocycles. The molecule has 6 N–H and O–H groups in total. The van der Waals surface area contributed by atoms with E-state index in [0.29, 0.717) is 50.7 Å². The highest BCUT2D eigenvalue weighted by atomic mass is 19.1. The largest absolute Gasteiger partial charge is 0.508 e. The van der Waals surface area contributed by atoms with Crippen molar-refractivity contribution >= 4 is 29.5 Å². The van der Waals surface area contributed by atoms with Crippen molar-refractivity contribution in [2.75, 3.05) is 68.5 Å². The number of amides is 5. The monoisotopic (exact) mass is 1170 g/mol. The van der Waals surface area contributed by atoms with Crippen molar-refractivity contribution < 1.29 is 37.9 Å². The number of phenolic OH excluding ortho intramolecular Hbond substituents is 1. The van der Waals surface area contributed by atoms with Gasteiger partial charge in [0.15, 0.2) is 0 Å².